The molecule has 1 aliphatic carbocycles. The molecule has 11 heteroatoms. The molecule has 0 amide bonds. The van der Waals surface area contributed by atoms with Crippen LogP contribution in [0, 0.1) is 5.41 Å². The molecule has 2 saturated heterocycles. The summed E-state index contributed by atoms with van der Waals surface area (Å²) in [5.74, 6) is 3.05. The van der Waals surface area contributed by atoms with E-state index in [9.17, 15) is 0 Å². The number of hydrogen-bond donors (Lipinski definition) is 2. The van der Waals surface area contributed by atoms with Crippen molar-refractivity contribution in [2.24, 2.45) is 5.41 Å². The minimum atomic E-state index is -1.21. The van der Waals surface area contributed by atoms with Gasteiger partial charge < -0.3 is 0 Å². The molecule has 1 spiro atoms. The van der Waals surface area contributed by atoms with Gasteiger partial charge in [-0.2, -0.15) is 0 Å². The Balaban J connectivity index is 0.993. The van der Waals surface area contributed by atoms with Gasteiger partial charge in [-0.1, -0.05) is 0 Å². The Bertz CT molecular complexity index is 2030. The average Bonchev–Trinajstić information content (AvgIpc) is 3.84. The fourth-order valence-corrected chi connectivity index (χ4v) is 14.5. The van der Waals surface area contributed by atoms with Crippen molar-refractivity contribution in [3.05, 3.63) is 103 Å². The second kappa shape index (κ2) is 11.2. The molecule has 1 aromatic carbocycles. The summed E-state index contributed by atoms with van der Waals surface area (Å²) in [6.07, 6.45) is 12.1. The second-order valence-corrected chi connectivity index (χ2v) is 17.4. The van der Waals surface area contributed by atoms with Gasteiger partial charge in [0, 0.05) is 6.20 Å². The molecule has 3 aliphatic rings. The third-order valence-corrected chi connectivity index (χ3v) is 16.3. The van der Waals surface area contributed by atoms with Gasteiger partial charge in [0.2, 0.25) is 0 Å². The number of imidazole rings is 1. The van der Waals surface area contributed by atoms with Crippen LogP contribution in [0.3, 0.4) is 0 Å². The van der Waals surface area contributed by atoms with Crippen LogP contribution in [0.25, 0.3) is 34.1 Å². The Morgan fingerprint density at radius 1 is 0.913 bits per heavy atom. The number of rotatable bonds is 6. The standard InChI is InChI=1S/C35H35IN10/c37-32-27(6-3-16-39-32)33-41-29-12-13-31(45-19-5-17-40-45)42-34(29)46(33)25-9-10-26-24(20-25)8-11-28(26)43-36-21-35(22-36)14-4-18-44(23-35)30-7-1-2-15-38-30/h1-3,5-7,9-10,12-13,15-17,19-20,28,43H,4,8,11,14,18,21-23H2,(H2,37,39)/t28-/m0/s1. The van der Waals surface area contributed by atoms with Crippen LogP contribution >= 0.6 is 20.1 Å². The van der Waals surface area contributed by atoms with Crippen molar-refractivity contribution in [3.63, 3.8) is 0 Å². The number of alkyl halides is 2. The second-order valence-electron chi connectivity index (χ2n) is 12.7. The van der Waals surface area contributed by atoms with Crippen molar-refractivity contribution >= 4 is 42.9 Å². The van der Waals surface area contributed by atoms with Gasteiger partial charge in [0.05, 0.1) is 0 Å². The molecule has 10 nitrogen and oxygen atoms in total. The van der Waals surface area contributed by atoms with E-state index in [-0.39, 0.29) is 0 Å². The quantitative estimate of drug-likeness (QED) is 0.123. The number of nitrogen functional groups attached to an aromatic ring is 1. The first-order chi connectivity index (χ1) is 22.6. The number of aryl methyl sites for hydroxylation is 1. The van der Waals surface area contributed by atoms with Gasteiger partial charge in [-0.15, -0.1) is 0 Å². The number of fused-ring (bicyclic) bond motifs is 2. The molecule has 3 N–H and O–H groups in total. The molecule has 0 unspecified atom stereocenters. The molecule has 0 radical (unpaired) electrons. The maximum atomic E-state index is 6.38. The SMILES string of the molecule is Nc1ncccc1-c1nc2ccc(-n3cccn3)nc2n1-c1ccc2c(c1)CC[C@@H]2NI1CC2(CCCN(c3ccccn3)C2)C1. The van der Waals surface area contributed by atoms with E-state index in [4.69, 9.17) is 15.7 Å². The van der Waals surface area contributed by atoms with Gasteiger partial charge in [-0.25, -0.2) is 0 Å². The fraction of sp³-hybridized carbons (Fsp3) is 0.286. The molecule has 2 aliphatic heterocycles. The molecule has 2 fully saturated rings. The summed E-state index contributed by atoms with van der Waals surface area (Å²) in [6, 6.07) is 23.3. The van der Waals surface area contributed by atoms with Crippen molar-refractivity contribution in [3.8, 4) is 22.9 Å². The topological polar surface area (TPSA) is 116 Å². The molecule has 232 valence electrons. The third kappa shape index (κ3) is 4.83. The van der Waals surface area contributed by atoms with Crippen LogP contribution in [0.4, 0.5) is 11.6 Å². The van der Waals surface area contributed by atoms with Crippen molar-refractivity contribution in [2.75, 3.05) is 32.6 Å². The molecule has 9 rings (SSSR count). The zero-order valence-corrected chi connectivity index (χ0v) is 27.6. The number of pyridine rings is 3. The number of hydrogen-bond acceptors (Lipinski definition) is 8. The number of nitrogens with two attached hydrogens (primary N) is 1. The molecule has 46 heavy (non-hydrogen) atoms. The van der Waals surface area contributed by atoms with Crippen molar-refractivity contribution < 1.29 is 0 Å². The van der Waals surface area contributed by atoms with E-state index < -0.39 is 20.1 Å². The molecule has 6 aromatic rings. The Morgan fingerprint density at radius 2 is 1.85 bits per heavy atom. The molecule has 5 aromatic heterocycles. The summed E-state index contributed by atoms with van der Waals surface area (Å²) in [7, 11) is 0. The zero-order valence-electron chi connectivity index (χ0n) is 25.4. The van der Waals surface area contributed by atoms with Crippen molar-refractivity contribution in [1.29, 1.82) is 0 Å². The van der Waals surface area contributed by atoms with Crippen LogP contribution in [-0.4, -0.2) is 56.2 Å². The number of nitrogens with one attached hydrogen (secondary N) is 1. The maximum absolute atomic E-state index is 6.38. The summed E-state index contributed by atoms with van der Waals surface area (Å²) in [5, 5.41) is 4.40. The summed E-state index contributed by atoms with van der Waals surface area (Å²) in [6.45, 7) is 2.28. The predicted molar refractivity (Wildman–Crippen MR) is 190 cm³/mol. The Morgan fingerprint density at radius 3 is 2.70 bits per heavy atom. The number of anilines is 2. The molecular formula is C35H35IN10. The van der Waals surface area contributed by atoms with E-state index in [1.54, 1.807) is 17.1 Å². The normalized spacial score (nSPS) is 19.4. The van der Waals surface area contributed by atoms with Crippen LogP contribution in [0.2, 0.25) is 0 Å². The third-order valence-electron chi connectivity index (χ3n) is 9.58. The van der Waals surface area contributed by atoms with Crippen LogP contribution in [0.15, 0.2) is 91.5 Å². The van der Waals surface area contributed by atoms with E-state index in [1.165, 1.54) is 32.8 Å². The first-order valence-corrected chi connectivity index (χ1v) is 20.0. The van der Waals surface area contributed by atoms with E-state index in [0.29, 0.717) is 17.3 Å². The number of nitrogens with zero attached hydrogens (tertiary/aromatic N) is 8. The molecule has 0 saturated carbocycles. The molecule has 7 heterocycles. The van der Waals surface area contributed by atoms with Crippen LogP contribution in [0.5, 0.6) is 0 Å². The summed E-state index contributed by atoms with van der Waals surface area (Å²) in [5.41, 5.74) is 13.1. The van der Waals surface area contributed by atoms with E-state index in [2.05, 4.69) is 58.4 Å². The van der Waals surface area contributed by atoms with Gasteiger partial charge in [-0.3, -0.25) is 0 Å². The fourth-order valence-electron chi connectivity index (χ4n) is 7.44. The Hall–Kier alpha value is -4.36. The molecular weight excluding hydrogens is 687 g/mol. The predicted octanol–water partition coefficient (Wildman–Crippen LogP) is 5.94. The summed E-state index contributed by atoms with van der Waals surface area (Å²) in [4.78, 5) is 21.6. The number of halogens is 1. The van der Waals surface area contributed by atoms with Crippen LogP contribution in [-0.2, 0) is 6.42 Å². The van der Waals surface area contributed by atoms with E-state index >= 15 is 0 Å². The molecule has 1 atom stereocenters. The van der Waals surface area contributed by atoms with Crippen molar-refractivity contribution in [2.45, 2.75) is 31.7 Å². The Labute approximate surface area is 274 Å². The number of piperidine rings is 1. The summed E-state index contributed by atoms with van der Waals surface area (Å²) < 4.78 is 10.9. The van der Waals surface area contributed by atoms with E-state index in [1.807, 2.05) is 48.8 Å². The average molecular weight is 723 g/mol. The van der Waals surface area contributed by atoms with Crippen LogP contribution < -0.4 is 14.2 Å². The van der Waals surface area contributed by atoms with Gasteiger partial charge in [0.15, 0.2) is 0 Å². The first-order valence-electron chi connectivity index (χ1n) is 15.9. The number of aromatic nitrogens is 7. The summed E-state index contributed by atoms with van der Waals surface area (Å²) >= 11 is -1.21. The monoisotopic (exact) mass is 722 g/mol. The van der Waals surface area contributed by atoms with Gasteiger partial charge >= 0.3 is 264 Å². The van der Waals surface area contributed by atoms with E-state index in [0.717, 1.165) is 65.8 Å². The van der Waals surface area contributed by atoms with Gasteiger partial charge in [-0.05, 0) is 6.07 Å². The van der Waals surface area contributed by atoms with Gasteiger partial charge in [0.1, 0.15) is 0 Å². The van der Waals surface area contributed by atoms with Crippen molar-refractivity contribution in [1.82, 2.24) is 37.8 Å². The Kier molecular flexibility index (Phi) is 6.77. The minimum absolute atomic E-state index is 0.444. The molecule has 0 bridgehead atoms. The first kappa shape index (κ1) is 27.9. The zero-order chi connectivity index (χ0) is 30.7. The van der Waals surface area contributed by atoms with Gasteiger partial charge in [0.25, 0.3) is 0 Å². The van der Waals surface area contributed by atoms with Crippen LogP contribution in [0.1, 0.15) is 36.4 Å². The number of benzene rings is 1.